The molecule has 0 bridgehead atoms. The number of nitrogens with one attached hydrogen (secondary N) is 1. The van der Waals surface area contributed by atoms with Gasteiger partial charge in [0.15, 0.2) is 0 Å². The molecule has 1 aromatic carbocycles. The summed E-state index contributed by atoms with van der Waals surface area (Å²) in [5, 5.41) is 13.1. The molecule has 0 aliphatic carbocycles. The van der Waals surface area contributed by atoms with Gasteiger partial charge in [-0.1, -0.05) is 5.22 Å². The molecule has 19 heavy (non-hydrogen) atoms. The predicted octanol–water partition coefficient (Wildman–Crippen LogP) is -2.16. The summed E-state index contributed by atoms with van der Waals surface area (Å²) in [4.78, 5) is -0.149. The molecule has 0 spiro atoms. The van der Waals surface area contributed by atoms with Gasteiger partial charge in [0.05, 0.1) is 23.7 Å². The number of hydrogen-bond acceptors (Lipinski definition) is 5. The molecule has 1 heterocycles. The van der Waals surface area contributed by atoms with E-state index in [2.05, 4.69) is 15.7 Å². The molecule has 0 radical (unpaired) electrons. The van der Waals surface area contributed by atoms with Crippen LogP contribution in [-0.4, -0.2) is 44.2 Å². The van der Waals surface area contributed by atoms with Crippen molar-refractivity contribution in [2.45, 2.75) is 4.90 Å². The summed E-state index contributed by atoms with van der Waals surface area (Å²) in [6, 6.07) is 5.58. The molecule has 1 aliphatic heterocycles. The Morgan fingerprint density at radius 3 is 2.26 bits per heavy atom. The smallest absolute Gasteiger partial charge is 0.313 e. The Bertz CT molecular complexity index is 526. The number of piperazine rings is 1. The number of nitrogens with zero attached hydrogens (tertiary/aromatic N) is 3. The fourth-order valence-corrected chi connectivity index (χ4v) is 2.02. The average molecular weight is 309 g/mol. The first kappa shape index (κ1) is 17.2. The molecule has 0 unspecified atom stereocenters. The van der Waals surface area contributed by atoms with Crippen LogP contribution in [0.1, 0.15) is 0 Å². The van der Waals surface area contributed by atoms with E-state index in [1.54, 1.807) is 0 Å². The molecular formula is C10H14KN4O3S+. The van der Waals surface area contributed by atoms with Crippen LogP contribution in [0.25, 0.3) is 0 Å². The average Bonchev–Trinajstić information content (AvgIpc) is 2.37. The first-order valence-electron chi connectivity index (χ1n) is 5.50. The van der Waals surface area contributed by atoms with Gasteiger partial charge in [-0.3, -0.25) is 9.56 Å². The van der Waals surface area contributed by atoms with E-state index in [0.717, 1.165) is 26.2 Å². The quantitative estimate of drug-likeness (QED) is 0.377. The zero-order valence-corrected chi connectivity index (χ0v) is 14.6. The summed E-state index contributed by atoms with van der Waals surface area (Å²) in [6.07, 6.45) is 0. The largest absolute Gasteiger partial charge is 1.00 e. The third kappa shape index (κ3) is 5.56. The summed E-state index contributed by atoms with van der Waals surface area (Å²) in [7, 11) is -4.15. The zero-order chi connectivity index (χ0) is 13.0. The Kier molecular flexibility index (Phi) is 7.04. The summed E-state index contributed by atoms with van der Waals surface area (Å²) >= 11 is 0. The van der Waals surface area contributed by atoms with Crippen LogP contribution in [0, 0.1) is 0 Å². The Balaban J connectivity index is 0.00000180. The first-order valence-corrected chi connectivity index (χ1v) is 6.94. The molecule has 1 aliphatic rings. The second-order valence-corrected chi connectivity index (χ2v) is 5.28. The maximum absolute atomic E-state index is 10.8. The number of benzene rings is 1. The van der Waals surface area contributed by atoms with Crippen LogP contribution in [0.5, 0.6) is 0 Å². The van der Waals surface area contributed by atoms with Gasteiger partial charge in [-0.2, -0.15) is 8.42 Å². The molecule has 98 valence electrons. The van der Waals surface area contributed by atoms with Crippen LogP contribution < -0.4 is 56.7 Å². The van der Waals surface area contributed by atoms with Crippen LogP contribution in [0.2, 0.25) is 0 Å². The predicted molar refractivity (Wildman–Crippen MR) is 65.2 cm³/mol. The summed E-state index contributed by atoms with van der Waals surface area (Å²) in [5.74, 6) is 0. The van der Waals surface area contributed by atoms with Gasteiger partial charge in [-0.05, 0) is 24.3 Å². The van der Waals surface area contributed by atoms with Crippen LogP contribution in [-0.2, 0) is 10.1 Å². The van der Waals surface area contributed by atoms with Gasteiger partial charge in [-0.15, -0.1) is 5.11 Å². The van der Waals surface area contributed by atoms with E-state index in [-0.39, 0.29) is 56.3 Å². The molecule has 9 heteroatoms. The fraction of sp³-hybridized carbons (Fsp3) is 0.400. The maximum atomic E-state index is 10.8. The van der Waals surface area contributed by atoms with E-state index < -0.39 is 10.1 Å². The van der Waals surface area contributed by atoms with Gasteiger partial charge in [-0.25, -0.2) is 0 Å². The second-order valence-electron chi connectivity index (χ2n) is 3.86. The molecule has 0 atom stereocenters. The normalized spacial score (nSPS) is 16.4. The van der Waals surface area contributed by atoms with Crippen LogP contribution in [0.3, 0.4) is 0 Å². The molecule has 7 nitrogen and oxygen atoms in total. The first-order chi connectivity index (χ1) is 8.55. The number of hydrogen-bond donors (Lipinski definition) is 2. The van der Waals surface area contributed by atoms with E-state index in [4.69, 9.17) is 4.55 Å². The molecule has 1 fully saturated rings. The summed E-state index contributed by atoms with van der Waals surface area (Å²) < 4.78 is 30.5. The van der Waals surface area contributed by atoms with Crippen molar-refractivity contribution in [2.24, 2.45) is 10.3 Å². The molecular weight excluding hydrogens is 295 g/mol. The van der Waals surface area contributed by atoms with Crippen molar-refractivity contribution in [1.29, 1.82) is 0 Å². The minimum absolute atomic E-state index is 0. The van der Waals surface area contributed by atoms with E-state index in [1.165, 1.54) is 24.3 Å². The van der Waals surface area contributed by atoms with Crippen LogP contribution >= 0.6 is 0 Å². The van der Waals surface area contributed by atoms with Crippen molar-refractivity contribution >= 4 is 15.8 Å². The molecule has 0 aromatic heterocycles. The maximum Gasteiger partial charge on any atom is 1.00 e. The second kappa shape index (κ2) is 7.79. The van der Waals surface area contributed by atoms with Gasteiger partial charge in [0.25, 0.3) is 10.1 Å². The minimum Gasteiger partial charge on any atom is -0.313 e. The van der Waals surface area contributed by atoms with Gasteiger partial charge in [0.1, 0.15) is 0 Å². The summed E-state index contributed by atoms with van der Waals surface area (Å²) in [6.45, 7) is 3.35. The van der Waals surface area contributed by atoms with Gasteiger partial charge >= 0.3 is 51.4 Å². The van der Waals surface area contributed by atoms with Crippen molar-refractivity contribution in [3.8, 4) is 0 Å². The van der Waals surface area contributed by atoms with Crippen molar-refractivity contribution in [2.75, 3.05) is 26.2 Å². The van der Waals surface area contributed by atoms with Gasteiger partial charge in [0.2, 0.25) is 0 Å². The molecule has 1 aromatic rings. The molecule has 2 N–H and O–H groups in total. The summed E-state index contributed by atoms with van der Waals surface area (Å²) in [5.41, 5.74) is 0.543. The minimum atomic E-state index is -4.15. The topological polar surface area (TPSA) is 94.4 Å². The Morgan fingerprint density at radius 2 is 1.74 bits per heavy atom. The molecule has 0 amide bonds. The Morgan fingerprint density at radius 1 is 1.16 bits per heavy atom. The van der Waals surface area contributed by atoms with Gasteiger partial charge < -0.3 is 5.32 Å². The molecule has 2 rings (SSSR count). The van der Waals surface area contributed by atoms with Crippen molar-refractivity contribution in [3.63, 3.8) is 0 Å². The van der Waals surface area contributed by atoms with E-state index in [9.17, 15) is 8.42 Å². The monoisotopic (exact) mass is 309 g/mol. The SMILES string of the molecule is O=S(=O)(O)c1ccc(N=NN2CCNCC2)cc1.[K+]. The van der Waals surface area contributed by atoms with Crippen molar-refractivity contribution in [3.05, 3.63) is 24.3 Å². The van der Waals surface area contributed by atoms with Crippen LogP contribution in [0.15, 0.2) is 39.5 Å². The van der Waals surface area contributed by atoms with Gasteiger partial charge in [0, 0.05) is 13.1 Å². The molecule has 1 saturated heterocycles. The van der Waals surface area contributed by atoms with Crippen molar-refractivity contribution < 1.29 is 64.4 Å². The zero-order valence-electron chi connectivity index (χ0n) is 10.7. The van der Waals surface area contributed by atoms with E-state index >= 15 is 0 Å². The Labute approximate surface area is 154 Å². The van der Waals surface area contributed by atoms with Crippen molar-refractivity contribution in [1.82, 2.24) is 10.3 Å². The third-order valence-electron chi connectivity index (χ3n) is 2.51. The Hall–Kier alpha value is 0.126. The third-order valence-corrected chi connectivity index (χ3v) is 3.38. The standard InChI is InChI=1S/C10H14N4O3S.K/c15-18(16,17)10-3-1-9(2-4-10)12-13-14-7-5-11-6-8-14;/h1-4,11H,5-8H2,(H,15,16,17);/q;+1. The van der Waals surface area contributed by atoms with Crippen LogP contribution in [0.4, 0.5) is 5.69 Å². The van der Waals surface area contributed by atoms with E-state index in [1.807, 2.05) is 5.01 Å². The number of rotatable bonds is 3. The fourth-order valence-electron chi connectivity index (χ4n) is 1.54. The van der Waals surface area contributed by atoms with E-state index in [0.29, 0.717) is 5.69 Å². The molecule has 0 saturated carbocycles.